The molecule has 23 heavy (non-hydrogen) atoms. The molecule has 126 valence electrons. The van der Waals surface area contributed by atoms with Crippen LogP contribution in [0.1, 0.15) is 26.7 Å². The first-order valence-electron chi connectivity index (χ1n) is 8.35. The van der Waals surface area contributed by atoms with E-state index in [0.717, 1.165) is 12.4 Å². The summed E-state index contributed by atoms with van der Waals surface area (Å²) < 4.78 is 27.8. The number of hydrogen-bond donors (Lipinski definition) is 2. The lowest BCUT2D eigenvalue weighted by Crippen LogP contribution is -2.45. The molecule has 6 heteroatoms. The van der Waals surface area contributed by atoms with Crippen LogP contribution in [-0.2, 0) is 0 Å². The molecular weight excluding hydrogens is 298 g/mol. The maximum Gasteiger partial charge on any atom is 0.191 e. The summed E-state index contributed by atoms with van der Waals surface area (Å²) in [5, 5.41) is 6.82. The Bertz CT molecular complexity index is 570. The highest BCUT2D eigenvalue weighted by Gasteiger charge is 2.34. The molecule has 1 saturated heterocycles. The molecule has 2 aliphatic rings. The van der Waals surface area contributed by atoms with Crippen LogP contribution in [-0.4, -0.2) is 37.7 Å². The van der Waals surface area contributed by atoms with Crippen LogP contribution in [0.4, 0.5) is 14.5 Å². The molecule has 4 nitrogen and oxygen atoms in total. The van der Waals surface area contributed by atoms with Gasteiger partial charge in [-0.1, -0.05) is 13.0 Å². The van der Waals surface area contributed by atoms with Gasteiger partial charge >= 0.3 is 0 Å². The van der Waals surface area contributed by atoms with E-state index in [0.29, 0.717) is 31.6 Å². The number of halogens is 2. The summed E-state index contributed by atoms with van der Waals surface area (Å²) in [5.41, 5.74) is 0.0783. The Kier molecular flexibility index (Phi) is 4.68. The number of benzene rings is 1. The lowest BCUT2D eigenvalue weighted by molar-refractivity contribution is 0.575. The molecular formula is C17H24F2N4. The SMILES string of the molecule is CCN=C(NC1CCN(c2c(F)cccc2F)C1)NC1CC1C. The molecule has 3 atom stereocenters. The zero-order valence-corrected chi connectivity index (χ0v) is 13.6. The van der Waals surface area contributed by atoms with E-state index in [2.05, 4.69) is 22.5 Å². The summed E-state index contributed by atoms with van der Waals surface area (Å²) in [6.45, 7) is 6.11. The standard InChI is InChI=1S/C17H24F2N4/c1-3-20-17(22-15-9-11(15)2)21-12-7-8-23(10-12)16-13(18)5-4-6-14(16)19/h4-6,11-12,15H,3,7-10H2,1-2H3,(H2,20,21,22). The van der Waals surface area contributed by atoms with E-state index in [1.54, 1.807) is 4.90 Å². The van der Waals surface area contributed by atoms with Crippen molar-refractivity contribution in [3.05, 3.63) is 29.8 Å². The van der Waals surface area contributed by atoms with Gasteiger partial charge in [0.1, 0.15) is 17.3 Å². The van der Waals surface area contributed by atoms with E-state index in [4.69, 9.17) is 0 Å². The Labute approximate surface area is 136 Å². The molecule has 0 bridgehead atoms. The van der Waals surface area contributed by atoms with Crippen molar-refractivity contribution in [1.29, 1.82) is 0 Å². The summed E-state index contributed by atoms with van der Waals surface area (Å²) in [6, 6.07) is 4.64. The predicted molar refractivity (Wildman–Crippen MR) is 88.8 cm³/mol. The van der Waals surface area contributed by atoms with E-state index in [-0.39, 0.29) is 11.7 Å². The van der Waals surface area contributed by atoms with Crippen molar-refractivity contribution in [2.24, 2.45) is 10.9 Å². The van der Waals surface area contributed by atoms with Gasteiger partial charge in [0, 0.05) is 31.7 Å². The van der Waals surface area contributed by atoms with Crippen LogP contribution < -0.4 is 15.5 Å². The first kappa shape index (κ1) is 16.0. The van der Waals surface area contributed by atoms with Gasteiger partial charge in [0.05, 0.1) is 0 Å². The summed E-state index contributed by atoms with van der Waals surface area (Å²) >= 11 is 0. The van der Waals surface area contributed by atoms with Crippen molar-refractivity contribution in [3.8, 4) is 0 Å². The van der Waals surface area contributed by atoms with Gasteiger partial charge in [-0.3, -0.25) is 4.99 Å². The lowest BCUT2D eigenvalue weighted by Gasteiger charge is -2.21. The van der Waals surface area contributed by atoms with Crippen molar-refractivity contribution in [2.45, 2.75) is 38.8 Å². The zero-order chi connectivity index (χ0) is 16.4. The summed E-state index contributed by atoms with van der Waals surface area (Å²) in [4.78, 5) is 6.23. The minimum atomic E-state index is -0.502. The largest absolute Gasteiger partial charge is 0.365 e. The van der Waals surface area contributed by atoms with Crippen molar-refractivity contribution in [1.82, 2.24) is 10.6 Å². The zero-order valence-electron chi connectivity index (χ0n) is 13.6. The number of anilines is 1. The Morgan fingerprint density at radius 3 is 2.61 bits per heavy atom. The molecule has 2 N–H and O–H groups in total. The van der Waals surface area contributed by atoms with Crippen LogP contribution in [0.5, 0.6) is 0 Å². The second-order valence-electron chi connectivity index (χ2n) is 6.43. The van der Waals surface area contributed by atoms with E-state index in [1.807, 2.05) is 6.92 Å². The van der Waals surface area contributed by atoms with Crippen LogP contribution in [0.2, 0.25) is 0 Å². The number of hydrogen-bond acceptors (Lipinski definition) is 2. The average molecular weight is 322 g/mol. The molecule has 1 aromatic rings. The van der Waals surface area contributed by atoms with Crippen LogP contribution in [0, 0.1) is 17.6 Å². The van der Waals surface area contributed by atoms with Crippen molar-refractivity contribution in [3.63, 3.8) is 0 Å². The van der Waals surface area contributed by atoms with E-state index < -0.39 is 11.6 Å². The lowest BCUT2D eigenvalue weighted by atomic mass is 10.2. The number of nitrogens with zero attached hydrogens (tertiary/aromatic N) is 2. The van der Waals surface area contributed by atoms with Gasteiger partial charge in [-0.05, 0) is 37.8 Å². The summed E-state index contributed by atoms with van der Waals surface area (Å²) in [6.07, 6.45) is 2.00. The number of nitrogens with one attached hydrogen (secondary N) is 2. The summed E-state index contributed by atoms with van der Waals surface area (Å²) in [5.74, 6) is 0.491. The molecule has 1 aliphatic heterocycles. The fraction of sp³-hybridized carbons (Fsp3) is 0.588. The number of guanidine groups is 1. The molecule has 1 aromatic carbocycles. The smallest absolute Gasteiger partial charge is 0.191 e. The molecule has 0 aromatic heterocycles. The minimum absolute atomic E-state index is 0.0783. The third-order valence-electron chi connectivity index (χ3n) is 4.53. The van der Waals surface area contributed by atoms with E-state index >= 15 is 0 Å². The molecule has 1 saturated carbocycles. The van der Waals surface area contributed by atoms with Gasteiger partial charge in [-0.15, -0.1) is 0 Å². The second-order valence-corrected chi connectivity index (χ2v) is 6.43. The maximum atomic E-state index is 13.9. The minimum Gasteiger partial charge on any atom is -0.365 e. The van der Waals surface area contributed by atoms with Gasteiger partial charge in [-0.25, -0.2) is 8.78 Å². The average Bonchev–Trinajstić information content (AvgIpc) is 2.99. The molecule has 0 spiro atoms. The second kappa shape index (κ2) is 6.72. The van der Waals surface area contributed by atoms with Gasteiger partial charge in [0.25, 0.3) is 0 Å². The molecule has 3 rings (SSSR count). The maximum absolute atomic E-state index is 13.9. The van der Waals surface area contributed by atoms with Crippen LogP contribution in [0.15, 0.2) is 23.2 Å². The molecule has 0 amide bonds. The fourth-order valence-corrected chi connectivity index (χ4v) is 3.06. The third kappa shape index (κ3) is 3.74. The van der Waals surface area contributed by atoms with Crippen LogP contribution in [0.25, 0.3) is 0 Å². The molecule has 0 radical (unpaired) electrons. The number of para-hydroxylation sites is 1. The Hall–Kier alpha value is -1.85. The third-order valence-corrected chi connectivity index (χ3v) is 4.53. The number of rotatable bonds is 4. The monoisotopic (exact) mass is 322 g/mol. The Morgan fingerprint density at radius 2 is 2.00 bits per heavy atom. The van der Waals surface area contributed by atoms with Crippen LogP contribution >= 0.6 is 0 Å². The first-order chi connectivity index (χ1) is 11.1. The number of aliphatic imine (C=N–C) groups is 1. The Morgan fingerprint density at radius 1 is 1.30 bits per heavy atom. The highest BCUT2D eigenvalue weighted by molar-refractivity contribution is 5.81. The molecule has 1 heterocycles. The highest BCUT2D eigenvalue weighted by atomic mass is 19.1. The van der Waals surface area contributed by atoms with Crippen molar-refractivity contribution in [2.75, 3.05) is 24.5 Å². The molecule has 2 fully saturated rings. The van der Waals surface area contributed by atoms with Crippen molar-refractivity contribution < 1.29 is 8.78 Å². The van der Waals surface area contributed by atoms with Gasteiger partial charge in [-0.2, -0.15) is 0 Å². The van der Waals surface area contributed by atoms with Gasteiger partial charge in [0.2, 0.25) is 0 Å². The molecule has 1 aliphatic carbocycles. The predicted octanol–water partition coefficient (Wildman–Crippen LogP) is 2.51. The topological polar surface area (TPSA) is 39.7 Å². The van der Waals surface area contributed by atoms with E-state index in [1.165, 1.54) is 24.6 Å². The van der Waals surface area contributed by atoms with Gasteiger partial charge in [0.15, 0.2) is 5.96 Å². The Balaban J connectivity index is 1.61. The molecule has 3 unspecified atom stereocenters. The van der Waals surface area contributed by atoms with E-state index in [9.17, 15) is 8.78 Å². The summed E-state index contributed by atoms with van der Waals surface area (Å²) in [7, 11) is 0. The highest BCUT2D eigenvalue weighted by Crippen LogP contribution is 2.29. The normalized spacial score (nSPS) is 27.2. The van der Waals surface area contributed by atoms with Crippen LogP contribution in [0.3, 0.4) is 0 Å². The quantitative estimate of drug-likeness (QED) is 0.661. The van der Waals surface area contributed by atoms with Gasteiger partial charge < -0.3 is 15.5 Å². The first-order valence-corrected chi connectivity index (χ1v) is 8.35. The fourth-order valence-electron chi connectivity index (χ4n) is 3.06. The van der Waals surface area contributed by atoms with Crippen molar-refractivity contribution >= 4 is 11.6 Å².